The minimum Gasteiger partial charge on any atom is -0.396 e. The largest absolute Gasteiger partial charge is 0.396 e. The third-order valence-electron chi connectivity index (χ3n) is 2.93. The van der Waals surface area contributed by atoms with Gasteiger partial charge in [-0.1, -0.05) is 6.07 Å². The van der Waals surface area contributed by atoms with Gasteiger partial charge in [-0.05, 0) is 30.3 Å². The highest BCUT2D eigenvalue weighted by Gasteiger charge is 2.10. The number of nitrogens with two attached hydrogens (primary N) is 1. The van der Waals surface area contributed by atoms with E-state index in [9.17, 15) is 8.60 Å². The molecule has 4 nitrogen and oxygen atoms in total. The third-order valence-corrected chi connectivity index (χ3v) is 4.27. The zero-order chi connectivity index (χ0) is 14.1. The number of hydrogen-bond acceptors (Lipinski definition) is 3. The summed E-state index contributed by atoms with van der Waals surface area (Å²) in [7, 11) is -1.35. The molecule has 102 valence electrons. The Morgan fingerprint density at radius 3 is 2.90 bits per heavy atom. The van der Waals surface area contributed by atoms with E-state index in [1.807, 2.05) is 35.0 Å². The average Bonchev–Trinajstić information content (AvgIpc) is 2.83. The lowest BCUT2D eigenvalue weighted by Crippen LogP contribution is -1.99. The quantitative estimate of drug-likeness (QED) is 0.753. The van der Waals surface area contributed by atoms with E-state index in [0.717, 1.165) is 5.65 Å². The number of nitrogen functional groups attached to an aromatic ring is 1. The summed E-state index contributed by atoms with van der Waals surface area (Å²) in [5, 5.41) is 0. The highest BCUT2D eigenvalue weighted by molar-refractivity contribution is 7.84. The van der Waals surface area contributed by atoms with Crippen LogP contribution in [-0.4, -0.2) is 13.6 Å². The van der Waals surface area contributed by atoms with Crippen LogP contribution in [0.25, 0.3) is 5.65 Å². The second-order valence-electron chi connectivity index (χ2n) is 4.37. The molecule has 0 aliphatic heterocycles. The van der Waals surface area contributed by atoms with Crippen LogP contribution in [0.3, 0.4) is 0 Å². The Kier molecular flexibility index (Phi) is 3.23. The van der Waals surface area contributed by atoms with Crippen LogP contribution in [0.1, 0.15) is 5.69 Å². The van der Waals surface area contributed by atoms with Crippen LogP contribution in [0.15, 0.2) is 53.7 Å². The molecule has 1 unspecified atom stereocenters. The normalized spacial score (nSPS) is 12.7. The van der Waals surface area contributed by atoms with Gasteiger partial charge in [0.05, 0.1) is 27.9 Å². The molecule has 20 heavy (non-hydrogen) atoms. The summed E-state index contributed by atoms with van der Waals surface area (Å²) < 4.78 is 27.4. The summed E-state index contributed by atoms with van der Waals surface area (Å²) in [4.78, 5) is 4.78. The van der Waals surface area contributed by atoms with Crippen LogP contribution in [0.4, 0.5) is 10.1 Å². The maximum absolute atomic E-state index is 13.4. The van der Waals surface area contributed by atoms with Gasteiger partial charge in [0.1, 0.15) is 11.5 Å². The summed E-state index contributed by atoms with van der Waals surface area (Å²) in [6, 6.07) is 9.86. The van der Waals surface area contributed by atoms with Crippen molar-refractivity contribution in [3.05, 3.63) is 60.3 Å². The first-order valence-corrected chi connectivity index (χ1v) is 7.31. The molecule has 1 aromatic carbocycles. The smallest absolute Gasteiger partial charge is 0.147 e. The third kappa shape index (κ3) is 2.42. The van der Waals surface area contributed by atoms with E-state index in [2.05, 4.69) is 4.98 Å². The van der Waals surface area contributed by atoms with Crippen molar-refractivity contribution in [3.63, 3.8) is 0 Å². The summed E-state index contributed by atoms with van der Waals surface area (Å²) in [6.45, 7) is 0. The van der Waals surface area contributed by atoms with Crippen LogP contribution in [0, 0.1) is 5.82 Å². The van der Waals surface area contributed by atoms with Crippen LogP contribution >= 0.6 is 0 Å². The first kappa shape index (κ1) is 12.8. The number of aromatic nitrogens is 2. The van der Waals surface area contributed by atoms with Crippen LogP contribution in [0.2, 0.25) is 0 Å². The molecule has 0 saturated carbocycles. The van der Waals surface area contributed by atoms with Crippen molar-refractivity contribution in [2.75, 3.05) is 5.73 Å². The second-order valence-corrected chi connectivity index (χ2v) is 5.82. The van der Waals surface area contributed by atoms with Gasteiger partial charge >= 0.3 is 0 Å². The Balaban J connectivity index is 1.86. The number of fused-ring (bicyclic) bond motifs is 1. The first-order valence-electron chi connectivity index (χ1n) is 5.99. The fraction of sp³-hybridized carbons (Fsp3) is 0.0714. The number of pyridine rings is 1. The topological polar surface area (TPSA) is 60.4 Å². The van der Waals surface area contributed by atoms with Gasteiger partial charge in [-0.15, -0.1) is 0 Å². The maximum atomic E-state index is 13.4. The molecule has 3 aromatic rings. The van der Waals surface area contributed by atoms with E-state index in [1.54, 1.807) is 6.07 Å². The van der Waals surface area contributed by atoms with E-state index in [1.165, 1.54) is 12.1 Å². The Morgan fingerprint density at radius 1 is 1.30 bits per heavy atom. The SMILES string of the molecule is Nc1ccc(S(=O)Cc2cn3ccccc3n2)cc1F. The predicted molar refractivity (Wildman–Crippen MR) is 76.1 cm³/mol. The number of anilines is 1. The molecule has 0 aliphatic carbocycles. The zero-order valence-electron chi connectivity index (χ0n) is 10.5. The van der Waals surface area contributed by atoms with Crippen molar-refractivity contribution in [1.29, 1.82) is 0 Å². The van der Waals surface area contributed by atoms with Gasteiger partial charge in [0, 0.05) is 17.3 Å². The average molecular weight is 289 g/mol. The Morgan fingerprint density at radius 2 is 2.15 bits per heavy atom. The van der Waals surface area contributed by atoms with Crippen molar-refractivity contribution in [3.8, 4) is 0 Å². The van der Waals surface area contributed by atoms with E-state index in [-0.39, 0.29) is 11.4 Å². The van der Waals surface area contributed by atoms with E-state index < -0.39 is 16.6 Å². The number of benzene rings is 1. The molecule has 1 atom stereocenters. The number of rotatable bonds is 3. The number of imidazole rings is 1. The van der Waals surface area contributed by atoms with E-state index in [4.69, 9.17) is 5.73 Å². The van der Waals surface area contributed by atoms with Gasteiger partial charge < -0.3 is 10.1 Å². The van der Waals surface area contributed by atoms with Gasteiger partial charge in [-0.2, -0.15) is 0 Å². The van der Waals surface area contributed by atoms with E-state index in [0.29, 0.717) is 10.6 Å². The molecular formula is C14H12FN3OS. The molecule has 3 rings (SSSR count). The Hall–Kier alpha value is -2.21. The summed E-state index contributed by atoms with van der Waals surface area (Å²) >= 11 is 0. The van der Waals surface area contributed by atoms with Crippen molar-refractivity contribution in [1.82, 2.24) is 9.38 Å². The molecule has 0 spiro atoms. The van der Waals surface area contributed by atoms with Crippen LogP contribution < -0.4 is 5.73 Å². The Bertz CT molecular complexity index is 767. The molecule has 0 aliphatic rings. The van der Waals surface area contributed by atoms with E-state index >= 15 is 0 Å². The minimum absolute atomic E-state index is 0.0541. The van der Waals surface area contributed by atoms with Gasteiger partial charge in [-0.3, -0.25) is 4.21 Å². The number of halogens is 1. The summed E-state index contributed by atoms with van der Waals surface area (Å²) in [5.41, 5.74) is 6.95. The fourth-order valence-electron chi connectivity index (χ4n) is 1.92. The van der Waals surface area contributed by atoms with Crippen LogP contribution in [0.5, 0.6) is 0 Å². The minimum atomic E-state index is -1.35. The first-order chi connectivity index (χ1) is 9.63. The number of hydrogen-bond donors (Lipinski definition) is 1. The lowest BCUT2D eigenvalue weighted by molar-refractivity contribution is 0.627. The standard InChI is InChI=1S/C14H12FN3OS/c15-12-7-11(4-5-13(12)16)20(19)9-10-8-18-6-2-1-3-14(18)17-10/h1-8H,9,16H2. The summed E-state index contributed by atoms with van der Waals surface area (Å²) in [5.74, 6) is -0.309. The summed E-state index contributed by atoms with van der Waals surface area (Å²) in [6.07, 6.45) is 3.69. The lowest BCUT2D eigenvalue weighted by Gasteiger charge is -2.02. The molecule has 2 heterocycles. The van der Waals surface area contributed by atoms with Crippen molar-refractivity contribution in [2.24, 2.45) is 0 Å². The molecular weight excluding hydrogens is 277 g/mol. The van der Waals surface area contributed by atoms with Gasteiger partial charge in [0.25, 0.3) is 0 Å². The van der Waals surface area contributed by atoms with Crippen molar-refractivity contribution in [2.45, 2.75) is 10.6 Å². The lowest BCUT2D eigenvalue weighted by atomic mass is 10.3. The molecule has 0 saturated heterocycles. The van der Waals surface area contributed by atoms with Gasteiger partial charge in [-0.25, -0.2) is 9.37 Å². The molecule has 0 amide bonds. The predicted octanol–water partition coefficient (Wildman–Crippen LogP) is 2.36. The maximum Gasteiger partial charge on any atom is 0.147 e. The molecule has 0 radical (unpaired) electrons. The van der Waals surface area contributed by atoms with Gasteiger partial charge in [0.2, 0.25) is 0 Å². The molecule has 0 bridgehead atoms. The Labute approximate surface area is 117 Å². The highest BCUT2D eigenvalue weighted by Crippen LogP contribution is 2.17. The second kappa shape index (κ2) is 5.05. The zero-order valence-corrected chi connectivity index (χ0v) is 11.3. The molecule has 2 aromatic heterocycles. The van der Waals surface area contributed by atoms with Gasteiger partial charge in [0.15, 0.2) is 0 Å². The van der Waals surface area contributed by atoms with Crippen molar-refractivity contribution >= 4 is 22.1 Å². The molecule has 2 N–H and O–H groups in total. The molecule has 0 fully saturated rings. The fourth-order valence-corrected chi connectivity index (χ4v) is 2.95. The highest BCUT2D eigenvalue weighted by atomic mass is 32.2. The monoisotopic (exact) mass is 289 g/mol. The van der Waals surface area contributed by atoms with Crippen molar-refractivity contribution < 1.29 is 8.60 Å². The molecule has 6 heteroatoms. The van der Waals surface area contributed by atoms with Crippen LogP contribution in [-0.2, 0) is 16.6 Å². The number of nitrogens with zero attached hydrogens (tertiary/aromatic N) is 2.